The SMILES string of the molecule is CC(c1nc2nccc(C(=O)O)c2[nH]1)S(C)(=O)=O. The van der Waals surface area contributed by atoms with Crippen molar-refractivity contribution in [2.75, 3.05) is 6.26 Å². The van der Waals surface area contributed by atoms with Crippen molar-refractivity contribution < 1.29 is 18.3 Å². The van der Waals surface area contributed by atoms with E-state index in [0.717, 1.165) is 6.26 Å². The Morgan fingerprint density at radius 2 is 2.17 bits per heavy atom. The highest BCUT2D eigenvalue weighted by Gasteiger charge is 2.22. The van der Waals surface area contributed by atoms with Gasteiger partial charge in [0.1, 0.15) is 11.1 Å². The van der Waals surface area contributed by atoms with E-state index >= 15 is 0 Å². The van der Waals surface area contributed by atoms with Crippen LogP contribution in [0.15, 0.2) is 12.3 Å². The first-order valence-corrected chi connectivity index (χ1v) is 7.03. The van der Waals surface area contributed by atoms with Crippen molar-refractivity contribution in [3.63, 3.8) is 0 Å². The summed E-state index contributed by atoms with van der Waals surface area (Å²) in [4.78, 5) is 21.6. The number of nitrogens with zero attached hydrogens (tertiary/aromatic N) is 2. The summed E-state index contributed by atoms with van der Waals surface area (Å²) in [7, 11) is -3.31. The zero-order chi connectivity index (χ0) is 13.5. The number of hydrogen-bond acceptors (Lipinski definition) is 5. The second-order valence-electron chi connectivity index (χ2n) is 3.96. The molecule has 0 bridgehead atoms. The summed E-state index contributed by atoms with van der Waals surface area (Å²) in [6.07, 6.45) is 2.41. The lowest BCUT2D eigenvalue weighted by Gasteiger charge is -2.04. The summed E-state index contributed by atoms with van der Waals surface area (Å²) in [6, 6.07) is 1.33. The molecule has 0 spiro atoms. The molecule has 8 heteroatoms. The molecule has 0 amide bonds. The van der Waals surface area contributed by atoms with Gasteiger partial charge in [-0.1, -0.05) is 0 Å². The van der Waals surface area contributed by atoms with E-state index in [1.165, 1.54) is 19.2 Å². The molecule has 0 saturated heterocycles. The molecule has 0 aliphatic carbocycles. The van der Waals surface area contributed by atoms with Gasteiger partial charge < -0.3 is 10.1 Å². The number of aromatic nitrogens is 3. The van der Waals surface area contributed by atoms with E-state index < -0.39 is 21.1 Å². The normalized spacial score (nSPS) is 13.7. The van der Waals surface area contributed by atoms with Gasteiger partial charge in [0, 0.05) is 12.5 Å². The van der Waals surface area contributed by atoms with E-state index in [1.807, 2.05) is 0 Å². The van der Waals surface area contributed by atoms with Crippen molar-refractivity contribution in [1.82, 2.24) is 15.0 Å². The highest BCUT2D eigenvalue weighted by Crippen LogP contribution is 2.22. The van der Waals surface area contributed by atoms with E-state index in [9.17, 15) is 13.2 Å². The lowest BCUT2D eigenvalue weighted by atomic mass is 10.2. The summed E-state index contributed by atoms with van der Waals surface area (Å²) >= 11 is 0. The number of rotatable bonds is 3. The Balaban J connectivity index is 2.65. The number of sulfone groups is 1. The summed E-state index contributed by atoms with van der Waals surface area (Å²) in [5, 5.41) is 8.16. The first-order valence-electron chi connectivity index (χ1n) is 5.07. The van der Waals surface area contributed by atoms with Crippen molar-refractivity contribution in [3.8, 4) is 0 Å². The van der Waals surface area contributed by atoms with Gasteiger partial charge in [0.05, 0.1) is 11.1 Å². The Morgan fingerprint density at radius 3 is 2.72 bits per heavy atom. The van der Waals surface area contributed by atoms with Crippen LogP contribution < -0.4 is 0 Å². The monoisotopic (exact) mass is 269 g/mol. The lowest BCUT2D eigenvalue weighted by molar-refractivity contribution is 0.0698. The zero-order valence-electron chi connectivity index (χ0n) is 9.71. The van der Waals surface area contributed by atoms with E-state index in [-0.39, 0.29) is 22.6 Å². The second kappa shape index (κ2) is 4.05. The van der Waals surface area contributed by atoms with E-state index in [1.54, 1.807) is 0 Å². The molecular formula is C10H11N3O4S. The maximum Gasteiger partial charge on any atom is 0.338 e. The summed E-state index contributed by atoms with van der Waals surface area (Å²) in [6.45, 7) is 1.48. The molecule has 2 heterocycles. The minimum Gasteiger partial charge on any atom is -0.478 e. The molecule has 1 unspecified atom stereocenters. The van der Waals surface area contributed by atoms with Crippen molar-refractivity contribution in [3.05, 3.63) is 23.7 Å². The van der Waals surface area contributed by atoms with Crippen LogP contribution in [0.3, 0.4) is 0 Å². The molecule has 7 nitrogen and oxygen atoms in total. The Hall–Kier alpha value is -1.96. The Kier molecular flexibility index (Phi) is 2.81. The fraction of sp³-hybridized carbons (Fsp3) is 0.300. The van der Waals surface area contributed by atoms with Gasteiger partial charge in [-0.2, -0.15) is 0 Å². The van der Waals surface area contributed by atoms with E-state index in [0.29, 0.717) is 0 Å². The number of nitrogens with one attached hydrogen (secondary N) is 1. The van der Waals surface area contributed by atoms with Crippen LogP contribution in [0.4, 0.5) is 0 Å². The van der Waals surface area contributed by atoms with Gasteiger partial charge in [-0.15, -0.1) is 0 Å². The Bertz CT molecular complexity index is 720. The third kappa shape index (κ3) is 2.06. The maximum atomic E-state index is 11.4. The smallest absolute Gasteiger partial charge is 0.338 e. The molecule has 0 radical (unpaired) electrons. The van der Waals surface area contributed by atoms with Crippen molar-refractivity contribution in [1.29, 1.82) is 0 Å². The number of carboxylic acid groups (broad SMARTS) is 1. The number of aromatic amines is 1. The molecular weight excluding hydrogens is 258 g/mol. The third-order valence-corrected chi connectivity index (χ3v) is 4.18. The van der Waals surface area contributed by atoms with Crippen molar-refractivity contribution in [2.45, 2.75) is 12.2 Å². The van der Waals surface area contributed by atoms with Crippen LogP contribution in [-0.2, 0) is 9.84 Å². The molecule has 0 aliphatic rings. The number of carboxylic acids is 1. The molecule has 0 fully saturated rings. The fourth-order valence-corrected chi connectivity index (χ4v) is 2.02. The largest absolute Gasteiger partial charge is 0.478 e. The highest BCUT2D eigenvalue weighted by molar-refractivity contribution is 7.90. The maximum absolute atomic E-state index is 11.4. The molecule has 18 heavy (non-hydrogen) atoms. The van der Waals surface area contributed by atoms with Gasteiger partial charge in [0.25, 0.3) is 0 Å². The molecule has 0 aliphatic heterocycles. The van der Waals surface area contributed by atoms with Gasteiger partial charge >= 0.3 is 5.97 Å². The van der Waals surface area contributed by atoms with Gasteiger partial charge in [0.2, 0.25) is 0 Å². The number of fused-ring (bicyclic) bond motifs is 1. The van der Waals surface area contributed by atoms with Crippen LogP contribution >= 0.6 is 0 Å². The minimum atomic E-state index is -3.31. The first-order chi connectivity index (χ1) is 8.30. The molecule has 0 saturated carbocycles. The molecule has 2 aromatic rings. The van der Waals surface area contributed by atoms with Crippen molar-refractivity contribution >= 4 is 27.0 Å². The number of hydrogen-bond donors (Lipinski definition) is 2. The first kappa shape index (κ1) is 12.5. The van der Waals surface area contributed by atoms with Crippen LogP contribution in [0, 0.1) is 0 Å². The quantitative estimate of drug-likeness (QED) is 0.850. The average Bonchev–Trinajstić information content (AvgIpc) is 2.69. The number of carbonyl (C=O) groups is 1. The lowest BCUT2D eigenvalue weighted by Crippen LogP contribution is -2.09. The van der Waals surface area contributed by atoms with Crippen LogP contribution in [0.2, 0.25) is 0 Å². The molecule has 0 aromatic carbocycles. The van der Waals surface area contributed by atoms with Gasteiger partial charge in [-0.3, -0.25) is 0 Å². The van der Waals surface area contributed by atoms with Gasteiger partial charge in [-0.25, -0.2) is 23.2 Å². The third-order valence-electron chi connectivity index (χ3n) is 2.67. The number of imidazole rings is 1. The van der Waals surface area contributed by atoms with E-state index in [2.05, 4.69) is 15.0 Å². The predicted molar refractivity (Wildman–Crippen MR) is 64.1 cm³/mol. The molecule has 2 aromatic heterocycles. The minimum absolute atomic E-state index is 0.0134. The molecule has 2 rings (SSSR count). The number of pyridine rings is 1. The van der Waals surface area contributed by atoms with Crippen LogP contribution in [0.25, 0.3) is 11.2 Å². The number of H-pyrrole nitrogens is 1. The van der Waals surface area contributed by atoms with Gasteiger partial charge in [-0.05, 0) is 13.0 Å². The van der Waals surface area contributed by atoms with E-state index in [4.69, 9.17) is 5.11 Å². The molecule has 1 atom stereocenters. The van der Waals surface area contributed by atoms with Crippen LogP contribution in [-0.4, -0.2) is 40.7 Å². The van der Waals surface area contributed by atoms with Crippen LogP contribution in [0.5, 0.6) is 0 Å². The Morgan fingerprint density at radius 1 is 1.50 bits per heavy atom. The topological polar surface area (TPSA) is 113 Å². The predicted octanol–water partition coefficient (Wildman–Crippen LogP) is 0.762. The summed E-state index contributed by atoms with van der Waals surface area (Å²) in [5.41, 5.74) is 0.440. The van der Waals surface area contributed by atoms with Gasteiger partial charge in [0.15, 0.2) is 15.5 Å². The summed E-state index contributed by atoms with van der Waals surface area (Å²) in [5.74, 6) is -0.932. The highest BCUT2D eigenvalue weighted by atomic mass is 32.2. The standard InChI is InChI=1S/C10H11N3O4S/c1-5(18(2,16)17)8-12-7-6(10(14)15)3-4-11-9(7)13-8/h3-5H,1-2H3,(H,14,15)(H,11,12,13). The Labute approximate surface area is 103 Å². The summed E-state index contributed by atoms with van der Waals surface area (Å²) < 4.78 is 22.9. The fourth-order valence-electron chi connectivity index (χ4n) is 1.50. The second-order valence-corrected chi connectivity index (χ2v) is 6.32. The van der Waals surface area contributed by atoms with Crippen molar-refractivity contribution in [2.24, 2.45) is 0 Å². The average molecular weight is 269 g/mol. The number of aromatic carboxylic acids is 1. The zero-order valence-corrected chi connectivity index (χ0v) is 10.5. The molecule has 2 N–H and O–H groups in total. The van der Waals surface area contributed by atoms with Crippen LogP contribution in [0.1, 0.15) is 28.4 Å². The molecule has 96 valence electrons.